The minimum absolute atomic E-state index is 0.0430. The van der Waals surface area contributed by atoms with Crippen LogP contribution in [0.2, 0.25) is 0 Å². The Labute approximate surface area is 173 Å². The molecule has 1 fully saturated rings. The van der Waals surface area contributed by atoms with E-state index in [1.807, 2.05) is 32.0 Å². The van der Waals surface area contributed by atoms with Crippen molar-refractivity contribution in [3.05, 3.63) is 57.6 Å². The average molecular weight is 446 g/mol. The summed E-state index contributed by atoms with van der Waals surface area (Å²) in [6.45, 7) is 5.94. The molecular weight excluding hydrogens is 422 g/mol. The molecule has 0 bridgehead atoms. The van der Waals surface area contributed by atoms with Crippen LogP contribution in [-0.2, 0) is 0 Å². The van der Waals surface area contributed by atoms with E-state index >= 15 is 0 Å². The molecule has 3 rings (SSSR count). The van der Waals surface area contributed by atoms with Gasteiger partial charge in [-0.2, -0.15) is 0 Å². The number of nitrogens with one attached hydrogen (secondary N) is 1. The van der Waals surface area contributed by atoms with Crippen LogP contribution in [0.25, 0.3) is 0 Å². The maximum Gasteiger partial charge on any atom is 0.321 e. The quantitative estimate of drug-likeness (QED) is 0.774. The number of benzene rings is 2. The van der Waals surface area contributed by atoms with Crippen molar-refractivity contribution in [2.24, 2.45) is 0 Å². The Bertz CT molecular complexity index is 869. The van der Waals surface area contributed by atoms with Crippen molar-refractivity contribution in [2.75, 3.05) is 38.6 Å². The molecule has 7 heteroatoms. The van der Waals surface area contributed by atoms with E-state index < -0.39 is 0 Å². The molecule has 0 aliphatic carbocycles. The fraction of sp³-hybridized carbons (Fsp3) is 0.333. The lowest BCUT2D eigenvalue weighted by Gasteiger charge is -2.35. The maximum absolute atomic E-state index is 12.7. The minimum Gasteiger partial charge on any atom is -0.497 e. The van der Waals surface area contributed by atoms with E-state index in [0.717, 1.165) is 21.3 Å². The molecule has 1 N–H and O–H groups in total. The van der Waals surface area contributed by atoms with Gasteiger partial charge in [-0.1, -0.05) is 22.0 Å². The fourth-order valence-corrected chi connectivity index (χ4v) is 4.03. The molecule has 0 aromatic heterocycles. The number of piperazine rings is 1. The van der Waals surface area contributed by atoms with Crippen LogP contribution in [0.4, 0.5) is 10.5 Å². The van der Waals surface area contributed by atoms with Crippen molar-refractivity contribution in [1.82, 2.24) is 9.80 Å². The van der Waals surface area contributed by atoms with Crippen LogP contribution in [0.5, 0.6) is 5.75 Å². The number of aryl methyl sites for hydroxylation is 2. The topological polar surface area (TPSA) is 61.9 Å². The predicted octanol–water partition coefficient (Wildman–Crippen LogP) is 4.06. The molecule has 0 spiro atoms. The highest BCUT2D eigenvalue weighted by atomic mass is 79.9. The summed E-state index contributed by atoms with van der Waals surface area (Å²) in [7, 11) is 1.58. The molecule has 28 heavy (non-hydrogen) atoms. The van der Waals surface area contributed by atoms with Gasteiger partial charge < -0.3 is 19.9 Å². The number of anilines is 1. The van der Waals surface area contributed by atoms with Crippen molar-refractivity contribution in [2.45, 2.75) is 13.8 Å². The van der Waals surface area contributed by atoms with Gasteiger partial charge in [-0.25, -0.2) is 4.79 Å². The lowest BCUT2D eigenvalue weighted by molar-refractivity contribution is 0.0671. The van der Waals surface area contributed by atoms with Gasteiger partial charge >= 0.3 is 6.03 Å². The van der Waals surface area contributed by atoms with Gasteiger partial charge in [0.25, 0.3) is 5.91 Å². The summed E-state index contributed by atoms with van der Waals surface area (Å²) in [4.78, 5) is 28.9. The van der Waals surface area contributed by atoms with Crippen molar-refractivity contribution in [3.8, 4) is 5.75 Å². The number of hydrogen-bond donors (Lipinski definition) is 1. The zero-order valence-electron chi connectivity index (χ0n) is 16.3. The number of methoxy groups -OCH3 is 1. The van der Waals surface area contributed by atoms with Crippen LogP contribution in [-0.4, -0.2) is 55.0 Å². The van der Waals surface area contributed by atoms with E-state index in [1.54, 1.807) is 35.1 Å². The molecule has 0 saturated carbocycles. The summed E-state index contributed by atoms with van der Waals surface area (Å²) in [6, 6.07) is 11.0. The Kier molecular flexibility index (Phi) is 6.24. The minimum atomic E-state index is -0.137. The Morgan fingerprint density at radius 1 is 1.00 bits per heavy atom. The lowest BCUT2D eigenvalue weighted by atomic mass is 10.1. The molecule has 2 aromatic rings. The Balaban J connectivity index is 1.60. The second-order valence-electron chi connectivity index (χ2n) is 6.86. The molecule has 0 atom stereocenters. The Morgan fingerprint density at radius 2 is 1.61 bits per heavy atom. The zero-order chi connectivity index (χ0) is 20.3. The standard InChI is InChI=1S/C21H24BrN3O3/c1-14-11-17(22)12-15(2)19(14)23-21(27)25-9-7-24(8-10-25)20(26)16-5-4-6-18(13-16)28-3/h4-6,11-13H,7-10H2,1-3H3,(H,23,27). The normalized spacial score (nSPS) is 14.0. The monoisotopic (exact) mass is 445 g/mol. The van der Waals surface area contributed by atoms with Gasteiger partial charge in [0.05, 0.1) is 7.11 Å². The molecule has 3 amide bonds. The molecule has 2 aromatic carbocycles. The number of nitrogens with zero attached hydrogens (tertiary/aromatic N) is 2. The first-order chi connectivity index (χ1) is 13.4. The highest BCUT2D eigenvalue weighted by molar-refractivity contribution is 9.10. The summed E-state index contributed by atoms with van der Waals surface area (Å²) in [5.74, 6) is 0.614. The molecular formula is C21H24BrN3O3. The van der Waals surface area contributed by atoms with Gasteiger partial charge in [-0.3, -0.25) is 4.79 Å². The Hall–Kier alpha value is -2.54. The highest BCUT2D eigenvalue weighted by Crippen LogP contribution is 2.25. The van der Waals surface area contributed by atoms with Gasteiger partial charge in [-0.15, -0.1) is 0 Å². The fourth-order valence-electron chi connectivity index (χ4n) is 3.35. The number of halogens is 1. The van der Waals surface area contributed by atoms with E-state index in [-0.39, 0.29) is 11.9 Å². The predicted molar refractivity (Wildman–Crippen MR) is 113 cm³/mol. The first-order valence-corrected chi connectivity index (χ1v) is 9.94. The van der Waals surface area contributed by atoms with Gasteiger partial charge in [0.15, 0.2) is 0 Å². The number of carbonyl (C=O) groups is 2. The summed E-state index contributed by atoms with van der Waals surface area (Å²) < 4.78 is 6.18. The van der Waals surface area contributed by atoms with Crippen LogP contribution in [0.1, 0.15) is 21.5 Å². The second kappa shape index (κ2) is 8.65. The van der Waals surface area contributed by atoms with Gasteiger partial charge in [0.1, 0.15) is 5.75 Å². The summed E-state index contributed by atoms with van der Waals surface area (Å²) >= 11 is 3.47. The molecule has 1 heterocycles. The zero-order valence-corrected chi connectivity index (χ0v) is 17.9. The Morgan fingerprint density at radius 3 is 2.21 bits per heavy atom. The van der Waals surface area contributed by atoms with Crippen LogP contribution >= 0.6 is 15.9 Å². The molecule has 1 aliphatic heterocycles. The SMILES string of the molecule is COc1cccc(C(=O)N2CCN(C(=O)Nc3c(C)cc(Br)cc3C)CC2)c1. The van der Waals surface area contributed by atoms with Crippen LogP contribution in [0.15, 0.2) is 40.9 Å². The molecule has 0 radical (unpaired) electrons. The number of amides is 3. The van der Waals surface area contributed by atoms with Crippen LogP contribution in [0, 0.1) is 13.8 Å². The summed E-state index contributed by atoms with van der Waals surface area (Å²) in [5.41, 5.74) is 3.44. The third kappa shape index (κ3) is 4.47. The smallest absolute Gasteiger partial charge is 0.321 e. The number of rotatable bonds is 3. The lowest BCUT2D eigenvalue weighted by Crippen LogP contribution is -2.51. The number of ether oxygens (including phenoxy) is 1. The van der Waals surface area contributed by atoms with E-state index in [2.05, 4.69) is 21.2 Å². The number of hydrogen-bond acceptors (Lipinski definition) is 3. The van der Waals surface area contributed by atoms with E-state index in [0.29, 0.717) is 37.5 Å². The van der Waals surface area contributed by atoms with Crippen LogP contribution < -0.4 is 10.1 Å². The molecule has 1 aliphatic rings. The molecule has 0 unspecified atom stereocenters. The van der Waals surface area contributed by atoms with Gasteiger partial charge in [0.2, 0.25) is 0 Å². The number of urea groups is 1. The van der Waals surface area contributed by atoms with Crippen molar-refractivity contribution < 1.29 is 14.3 Å². The maximum atomic E-state index is 12.7. The van der Waals surface area contributed by atoms with E-state index in [9.17, 15) is 9.59 Å². The summed E-state index contributed by atoms with van der Waals surface area (Å²) in [5, 5.41) is 3.01. The van der Waals surface area contributed by atoms with Crippen molar-refractivity contribution >= 4 is 33.6 Å². The highest BCUT2D eigenvalue weighted by Gasteiger charge is 2.25. The molecule has 148 valence electrons. The van der Waals surface area contributed by atoms with Crippen LogP contribution in [0.3, 0.4) is 0 Å². The second-order valence-corrected chi connectivity index (χ2v) is 7.77. The van der Waals surface area contributed by atoms with Gasteiger partial charge in [0, 0.05) is 41.9 Å². The van der Waals surface area contributed by atoms with E-state index in [4.69, 9.17) is 4.74 Å². The average Bonchev–Trinajstić information content (AvgIpc) is 2.70. The summed E-state index contributed by atoms with van der Waals surface area (Å²) in [6.07, 6.45) is 0. The first-order valence-electron chi connectivity index (χ1n) is 9.15. The van der Waals surface area contributed by atoms with Crippen molar-refractivity contribution in [1.29, 1.82) is 0 Å². The third-order valence-electron chi connectivity index (χ3n) is 4.90. The van der Waals surface area contributed by atoms with Crippen molar-refractivity contribution in [3.63, 3.8) is 0 Å². The first kappa shape index (κ1) is 20.2. The molecule has 6 nitrogen and oxygen atoms in total. The van der Waals surface area contributed by atoms with E-state index in [1.165, 1.54) is 0 Å². The van der Waals surface area contributed by atoms with Gasteiger partial charge in [-0.05, 0) is 55.3 Å². The third-order valence-corrected chi connectivity index (χ3v) is 5.36. The number of carbonyl (C=O) groups excluding carboxylic acids is 2. The largest absolute Gasteiger partial charge is 0.497 e. The molecule has 1 saturated heterocycles.